The third kappa shape index (κ3) is 36.8. The van der Waals surface area contributed by atoms with Gasteiger partial charge in [-0.05, 0) is 51.4 Å². The summed E-state index contributed by atoms with van der Waals surface area (Å²) in [6, 6.07) is 0. The van der Waals surface area contributed by atoms with Gasteiger partial charge >= 0.3 is 5.97 Å². The number of nitrogens with zero attached hydrogens (tertiary/aromatic N) is 1. The van der Waals surface area contributed by atoms with Crippen molar-refractivity contribution in [1.82, 2.24) is 0 Å². The zero-order valence-electron chi connectivity index (χ0n) is 32.2. The normalized spacial score (nSPS) is 13.9. The molecule has 0 amide bonds. The van der Waals surface area contributed by atoms with Gasteiger partial charge in [-0.2, -0.15) is 0 Å². The van der Waals surface area contributed by atoms with Crippen LogP contribution in [0.5, 0.6) is 0 Å². The number of rotatable bonds is 35. The van der Waals surface area contributed by atoms with Crippen molar-refractivity contribution in [2.24, 2.45) is 0 Å². The second-order valence-corrected chi connectivity index (χ2v) is 14.0. The minimum absolute atomic E-state index is 0.168. The van der Waals surface area contributed by atoms with Crippen molar-refractivity contribution < 1.29 is 38.5 Å². The van der Waals surface area contributed by atoms with Crippen LogP contribution in [0.4, 0.5) is 0 Å². The van der Waals surface area contributed by atoms with E-state index in [9.17, 15) is 19.8 Å². The fraction of sp³-hybridized carbons (Fsp3) is 0.714. The van der Waals surface area contributed by atoms with Crippen LogP contribution in [0.25, 0.3) is 0 Å². The van der Waals surface area contributed by atoms with E-state index in [1.54, 1.807) is 0 Å². The lowest BCUT2D eigenvalue weighted by Crippen LogP contribution is -2.44. The maximum absolute atomic E-state index is 12.0. The van der Waals surface area contributed by atoms with Crippen LogP contribution in [-0.4, -0.2) is 81.4 Å². The Balaban J connectivity index is 3.51. The van der Waals surface area contributed by atoms with Crippen molar-refractivity contribution >= 4 is 11.9 Å². The Bertz CT molecular complexity index is 948. The average molecular weight is 704 g/mol. The molecule has 0 aliphatic rings. The average Bonchev–Trinajstić information content (AvgIpc) is 3.07. The Morgan fingerprint density at radius 1 is 0.620 bits per heavy atom. The van der Waals surface area contributed by atoms with Crippen LogP contribution in [0.3, 0.4) is 0 Å². The van der Waals surface area contributed by atoms with E-state index in [2.05, 4.69) is 67.7 Å². The standard InChI is InChI=1S/C42H73NO7/c1-5-6-7-8-9-10-11-12-13-14-15-16-17-18-19-20-21-22-23-24-25-26-27-28-29-30-31-32-33-34-40(45)49-37-39(44)38-50-42(41(46)47)48-36-35-43(2,3)4/h6-7,9-10,12-13,15-16,18-19,39,42,44H,5,8,11,14,17,20-38H2,1-4H3/b7-6-,10-9-,13-12-,16-15-,19-18-. The van der Waals surface area contributed by atoms with Crippen molar-refractivity contribution in [1.29, 1.82) is 0 Å². The Morgan fingerprint density at radius 3 is 1.52 bits per heavy atom. The molecule has 0 fully saturated rings. The molecule has 0 aromatic rings. The van der Waals surface area contributed by atoms with Crippen LogP contribution in [0.1, 0.15) is 135 Å². The highest BCUT2D eigenvalue weighted by molar-refractivity contribution is 5.69. The number of likely N-dealkylation sites (N-methyl/N-ethyl adjacent to an activating group) is 1. The van der Waals surface area contributed by atoms with E-state index in [0.29, 0.717) is 17.4 Å². The van der Waals surface area contributed by atoms with Crippen LogP contribution in [0.15, 0.2) is 60.8 Å². The van der Waals surface area contributed by atoms with Gasteiger partial charge < -0.3 is 33.7 Å². The molecule has 0 aromatic heterocycles. The van der Waals surface area contributed by atoms with Crippen LogP contribution >= 0.6 is 0 Å². The molecule has 0 saturated heterocycles. The highest BCUT2D eigenvalue weighted by Gasteiger charge is 2.17. The monoisotopic (exact) mass is 704 g/mol. The lowest BCUT2D eigenvalue weighted by atomic mass is 10.0. The number of carbonyl (C=O) groups is 2. The zero-order valence-corrected chi connectivity index (χ0v) is 32.2. The SMILES string of the molecule is CC/C=C\C/C=C\C/C=C\C/C=C\C/C=C\CCCCCCCCCCCCCCCC(=O)OCC(O)COC(OCC[N+](C)(C)C)C(=O)[O-]. The van der Waals surface area contributed by atoms with Crippen LogP contribution < -0.4 is 5.11 Å². The molecule has 2 unspecified atom stereocenters. The van der Waals surface area contributed by atoms with Crippen molar-refractivity contribution in [3.05, 3.63) is 60.8 Å². The summed E-state index contributed by atoms with van der Waals surface area (Å²) in [4.78, 5) is 23.2. The number of carbonyl (C=O) groups excluding carboxylic acids is 2. The molecule has 50 heavy (non-hydrogen) atoms. The van der Waals surface area contributed by atoms with Crippen molar-refractivity contribution in [3.8, 4) is 0 Å². The number of esters is 1. The summed E-state index contributed by atoms with van der Waals surface area (Å²) < 4.78 is 16.0. The number of aliphatic hydroxyl groups excluding tert-OH is 1. The number of carboxylic acid groups (broad SMARTS) is 1. The third-order valence-electron chi connectivity index (χ3n) is 8.01. The second-order valence-electron chi connectivity index (χ2n) is 14.0. The first-order chi connectivity index (χ1) is 24.2. The third-order valence-corrected chi connectivity index (χ3v) is 8.01. The minimum atomic E-state index is -1.58. The molecular weight excluding hydrogens is 630 g/mol. The van der Waals surface area contributed by atoms with E-state index in [-0.39, 0.29) is 25.8 Å². The van der Waals surface area contributed by atoms with Gasteiger partial charge in [0.25, 0.3) is 0 Å². The molecule has 0 spiro atoms. The van der Waals surface area contributed by atoms with Crippen LogP contribution in [-0.2, 0) is 23.8 Å². The van der Waals surface area contributed by atoms with Crippen molar-refractivity contribution in [3.63, 3.8) is 0 Å². The maximum Gasteiger partial charge on any atom is 0.305 e. The molecule has 0 rings (SSSR count). The summed E-state index contributed by atoms with van der Waals surface area (Å²) in [5.41, 5.74) is 0. The van der Waals surface area contributed by atoms with Crippen LogP contribution in [0.2, 0.25) is 0 Å². The molecule has 0 aliphatic heterocycles. The van der Waals surface area contributed by atoms with Gasteiger partial charge in [-0.1, -0.05) is 138 Å². The van der Waals surface area contributed by atoms with Gasteiger partial charge in [0.05, 0.1) is 40.3 Å². The summed E-state index contributed by atoms with van der Waals surface area (Å²) in [5.74, 6) is -1.88. The Kier molecular flexibility index (Phi) is 33.1. The van der Waals surface area contributed by atoms with Crippen molar-refractivity contribution in [2.75, 3.05) is 47.5 Å². The number of unbranched alkanes of at least 4 members (excludes halogenated alkanes) is 13. The highest BCUT2D eigenvalue weighted by atomic mass is 16.7. The van der Waals surface area contributed by atoms with E-state index in [0.717, 1.165) is 51.4 Å². The number of quaternary nitrogens is 1. The predicted octanol–water partition coefficient (Wildman–Crippen LogP) is 8.31. The van der Waals surface area contributed by atoms with Crippen molar-refractivity contribution in [2.45, 2.75) is 148 Å². The molecule has 8 heteroatoms. The summed E-state index contributed by atoms with van der Waals surface area (Å²) >= 11 is 0. The van der Waals surface area contributed by atoms with E-state index in [1.165, 1.54) is 70.6 Å². The first-order valence-corrected chi connectivity index (χ1v) is 19.5. The number of allylic oxidation sites excluding steroid dienone is 10. The van der Waals surface area contributed by atoms with Gasteiger partial charge in [0.2, 0.25) is 0 Å². The van der Waals surface area contributed by atoms with E-state index in [4.69, 9.17) is 14.2 Å². The van der Waals surface area contributed by atoms with Gasteiger partial charge in [-0.3, -0.25) is 4.79 Å². The molecule has 0 aromatic carbocycles. The molecule has 0 aliphatic carbocycles. The number of carboxylic acids is 1. The maximum atomic E-state index is 12.0. The van der Waals surface area contributed by atoms with Crippen LogP contribution in [0, 0.1) is 0 Å². The van der Waals surface area contributed by atoms with Gasteiger partial charge in [0.15, 0.2) is 6.29 Å². The largest absolute Gasteiger partial charge is 0.545 e. The second kappa shape index (κ2) is 34.9. The zero-order chi connectivity index (χ0) is 37.0. The fourth-order valence-electron chi connectivity index (χ4n) is 4.97. The molecule has 8 nitrogen and oxygen atoms in total. The topological polar surface area (TPSA) is 105 Å². The number of ether oxygens (including phenoxy) is 3. The molecule has 288 valence electrons. The van der Waals surface area contributed by atoms with Gasteiger partial charge in [-0.25, -0.2) is 0 Å². The predicted molar refractivity (Wildman–Crippen MR) is 204 cm³/mol. The summed E-state index contributed by atoms with van der Waals surface area (Å²) in [6.07, 6.45) is 42.3. The molecule has 0 radical (unpaired) electrons. The summed E-state index contributed by atoms with van der Waals surface area (Å²) in [5, 5.41) is 21.2. The van der Waals surface area contributed by atoms with E-state index in [1.807, 2.05) is 21.1 Å². The Labute approximate surface area is 305 Å². The first-order valence-electron chi connectivity index (χ1n) is 19.5. The fourth-order valence-corrected chi connectivity index (χ4v) is 4.97. The molecule has 2 atom stereocenters. The number of hydrogen-bond donors (Lipinski definition) is 1. The quantitative estimate of drug-likeness (QED) is 0.0233. The number of hydrogen-bond acceptors (Lipinski definition) is 7. The molecule has 0 heterocycles. The summed E-state index contributed by atoms with van der Waals surface area (Å²) in [7, 11) is 5.87. The minimum Gasteiger partial charge on any atom is -0.545 e. The van der Waals surface area contributed by atoms with E-state index < -0.39 is 18.4 Å². The number of aliphatic carboxylic acids is 1. The first kappa shape index (κ1) is 47.5. The van der Waals surface area contributed by atoms with Gasteiger partial charge in [0.1, 0.15) is 19.3 Å². The molecule has 0 bridgehead atoms. The highest BCUT2D eigenvalue weighted by Crippen LogP contribution is 2.14. The lowest BCUT2D eigenvalue weighted by Gasteiger charge is -2.26. The Morgan fingerprint density at radius 2 is 1.06 bits per heavy atom. The summed E-state index contributed by atoms with van der Waals surface area (Å²) in [6.45, 7) is 2.34. The van der Waals surface area contributed by atoms with Gasteiger partial charge in [0, 0.05) is 6.42 Å². The number of aliphatic hydroxyl groups is 1. The molecule has 0 saturated carbocycles. The van der Waals surface area contributed by atoms with E-state index >= 15 is 0 Å². The smallest absolute Gasteiger partial charge is 0.305 e. The molecular formula is C42H73NO7. The molecule has 1 N–H and O–H groups in total. The lowest BCUT2D eigenvalue weighted by molar-refractivity contribution is -0.870. The Hall–Kier alpha value is -2.52. The van der Waals surface area contributed by atoms with Gasteiger partial charge in [-0.15, -0.1) is 0 Å².